The van der Waals surface area contributed by atoms with Crippen LogP contribution in [0.25, 0.3) is 10.9 Å². The van der Waals surface area contributed by atoms with Gasteiger partial charge in [0.2, 0.25) is 0 Å². The number of benzene rings is 1. The van der Waals surface area contributed by atoms with Crippen molar-refractivity contribution in [1.29, 1.82) is 0 Å². The number of fused-ring (bicyclic) bond motifs is 1. The molecule has 1 aliphatic rings. The number of aromatic amines is 1. The van der Waals surface area contributed by atoms with Gasteiger partial charge < -0.3 is 15.8 Å². The summed E-state index contributed by atoms with van der Waals surface area (Å²) in [6.45, 7) is 2.69. The summed E-state index contributed by atoms with van der Waals surface area (Å²) in [7, 11) is 0. The summed E-state index contributed by atoms with van der Waals surface area (Å²) in [5, 5.41) is 10.3. The van der Waals surface area contributed by atoms with Crippen LogP contribution in [0.2, 0.25) is 5.02 Å². The monoisotopic (exact) mass is 322 g/mol. The van der Waals surface area contributed by atoms with Gasteiger partial charge in [0.25, 0.3) is 5.91 Å². The Morgan fingerprint density at radius 1 is 1.41 bits per heavy atom. The summed E-state index contributed by atoms with van der Waals surface area (Å²) in [5.41, 5.74) is 6.37. The maximum Gasteiger partial charge on any atom is 0.265 e. The zero-order valence-corrected chi connectivity index (χ0v) is 13.6. The lowest BCUT2D eigenvalue weighted by atomic mass is 9.83. The van der Waals surface area contributed by atoms with E-state index < -0.39 is 5.91 Å². The number of hydrogen-bond acceptors (Lipinski definition) is 2. The number of aliphatic hydroxyl groups excluding tert-OH is 1. The lowest BCUT2D eigenvalue weighted by Crippen LogP contribution is -2.15. The number of rotatable bonds is 2. The Balaban J connectivity index is 0.000000172. The minimum atomic E-state index is -0.465. The van der Waals surface area contributed by atoms with Crippen LogP contribution < -0.4 is 5.73 Å². The summed E-state index contributed by atoms with van der Waals surface area (Å²) >= 11 is 5.78. The van der Waals surface area contributed by atoms with E-state index in [1.54, 1.807) is 18.2 Å². The predicted molar refractivity (Wildman–Crippen MR) is 90.0 cm³/mol. The highest BCUT2D eigenvalue weighted by Crippen LogP contribution is 2.27. The van der Waals surface area contributed by atoms with E-state index in [2.05, 4.69) is 11.9 Å². The van der Waals surface area contributed by atoms with Gasteiger partial charge in [0.05, 0.1) is 0 Å². The van der Waals surface area contributed by atoms with E-state index >= 15 is 0 Å². The van der Waals surface area contributed by atoms with Crippen LogP contribution in [-0.4, -0.2) is 22.6 Å². The Labute approximate surface area is 135 Å². The van der Waals surface area contributed by atoms with Crippen LogP contribution in [0.1, 0.15) is 43.1 Å². The zero-order valence-electron chi connectivity index (χ0n) is 12.8. The van der Waals surface area contributed by atoms with Gasteiger partial charge in [0.15, 0.2) is 0 Å². The van der Waals surface area contributed by atoms with Crippen molar-refractivity contribution in [2.45, 2.75) is 32.6 Å². The van der Waals surface area contributed by atoms with Crippen LogP contribution in [0.4, 0.5) is 0 Å². The van der Waals surface area contributed by atoms with Gasteiger partial charge in [0.1, 0.15) is 5.69 Å². The molecule has 4 nitrogen and oxygen atoms in total. The zero-order chi connectivity index (χ0) is 16.1. The minimum absolute atomic E-state index is 0.400. The molecule has 1 heterocycles. The van der Waals surface area contributed by atoms with Gasteiger partial charge >= 0.3 is 0 Å². The number of nitrogens with two attached hydrogens (primary N) is 1. The van der Waals surface area contributed by atoms with Gasteiger partial charge in [0, 0.05) is 22.5 Å². The van der Waals surface area contributed by atoms with Gasteiger partial charge in [-0.1, -0.05) is 31.4 Å². The van der Waals surface area contributed by atoms with E-state index in [1.807, 2.05) is 6.07 Å². The highest BCUT2D eigenvalue weighted by Gasteiger charge is 2.17. The first kappa shape index (κ1) is 16.8. The van der Waals surface area contributed by atoms with Crippen LogP contribution in [0.15, 0.2) is 24.3 Å². The van der Waals surface area contributed by atoms with Crippen LogP contribution in [-0.2, 0) is 0 Å². The van der Waals surface area contributed by atoms with Gasteiger partial charge in [-0.05, 0) is 48.9 Å². The number of aliphatic hydroxyl groups is 1. The molecule has 1 amide bonds. The molecule has 5 heteroatoms. The molecular formula is C17H23ClN2O2. The molecule has 22 heavy (non-hydrogen) atoms. The number of carbonyl (C=O) groups excluding carboxylic acids is 1. The van der Waals surface area contributed by atoms with Crippen molar-refractivity contribution in [3.8, 4) is 0 Å². The fourth-order valence-corrected chi connectivity index (χ4v) is 3.14. The van der Waals surface area contributed by atoms with E-state index in [4.69, 9.17) is 22.4 Å². The fourth-order valence-electron chi connectivity index (χ4n) is 2.96. The fraction of sp³-hybridized carbons (Fsp3) is 0.471. The van der Waals surface area contributed by atoms with Gasteiger partial charge in [-0.2, -0.15) is 0 Å². The first-order valence-corrected chi connectivity index (χ1v) is 8.06. The Morgan fingerprint density at radius 2 is 2.18 bits per heavy atom. The van der Waals surface area contributed by atoms with Crippen molar-refractivity contribution in [3.63, 3.8) is 0 Å². The molecule has 0 bridgehead atoms. The molecule has 120 valence electrons. The lowest BCUT2D eigenvalue weighted by Gasteiger charge is -2.24. The van der Waals surface area contributed by atoms with Crippen molar-refractivity contribution in [1.82, 2.24) is 4.98 Å². The average molecular weight is 323 g/mol. The van der Waals surface area contributed by atoms with Gasteiger partial charge in [-0.25, -0.2) is 0 Å². The highest BCUT2D eigenvalue weighted by atomic mass is 35.5. The first-order chi connectivity index (χ1) is 10.5. The Morgan fingerprint density at radius 3 is 2.77 bits per heavy atom. The molecule has 3 rings (SSSR count). The van der Waals surface area contributed by atoms with E-state index in [9.17, 15) is 4.79 Å². The number of H-pyrrole nitrogens is 1. The standard InChI is InChI=1S/C9H7ClN2O.C8H16O/c10-6-1-2-7-5(3-6)4-8(12-7)9(11)13;1-7-3-2-4-8(5-7)6-9/h1-4,12H,(H2,11,13);7-9H,2-6H2,1H3/t;7-,8?/m.0/s1. The lowest BCUT2D eigenvalue weighted by molar-refractivity contribution is 0.0996. The van der Waals surface area contributed by atoms with Crippen LogP contribution in [0.5, 0.6) is 0 Å². The van der Waals surface area contributed by atoms with E-state index in [0.29, 0.717) is 23.2 Å². The second-order valence-corrected chi connectivity index (χ2v) is 6.54. The molecule has 1 saturated carbocycles. The maximum atomic E-state index is 10.8. The van der Waals surface area contributed by atoms with Crippen LogP contribution in [0.3, 0.4) is 0 Å². The van der Waals surface area contributed by atoms with Crippen LogP contribution >= 0.6 is 11.6 Å². The second kappa shape index (κ2) is 7.65. The summed E-state index contributed by atoms with van der Waals surface area (Å²) in [5.74, 6) is 1.01. The molecule has 2 aromatic rings. The number of aromatic nitrogens is 1. The smallest absolute Gasteiger partial charge is 0.265 e. The molecule has 1 aliphatic carbocycles. The number of amides is 1. The van der Waals surface area contributed by atoms with E-state index in [0.717, 1.165) is 16.8 Å². The Hall–Kier alpha value is -1.52. The van der Waals surface area contributed by atoms with Crippen molar-refractivity contribution in [2.75, 3.05) is 6.61 Å². The molecule has 0 radical (unpaired) electrons. The second-order valence-electron chi connectivity index (χ2n) is 6.10. The molecule has 2 atom stereocenters. The van der Waals surface area contributed by atoms with Crippen molar-refractivity contribution in [3.05, 3.63) is 35.0 Å². The van der Waals surface area contributed by atoms with Crippen molar-refractivity contribution >= 4 is 28.4 Å². The van der Waals surface area contributed by atoms with Gasteiger partial charge in [-0.15, -0.1) is 0 Å². The summed E-state index contributed by atoms with van der Waals surface area (Å²) in [6.07, 6.45) is 5.19. The number of carbonyl (C=O) groups is 1. The molecule has 4 N–H and O–H groups in total. The third-order valence-corrected chi connectivity index (χ3v) is 4.39. The quantitative estimate of drug-likeness (QED) is 0.787. The first-order valence-electron chi connectivity index (χ1n) is 7.68. The largest absolute Gasteiger partial charge is 0.396 e. The van der Waals surface area contributed by atoms with Crippen molar-refractivity contribution < 1.29 is 9.90 Å². The Bertz CT molecular complexity index is 639. The molecule has 1 fully saturated rings. The topological polar surface area (TPSA) is 79.1 Å². The summed E-state index contributed by atoms with van der Waals surface area (Å²) in [6, 6.07) is 7.03. The number of primary amides is 1. The SMILES string of the molecule is C[C@H]1CCCC(CO)C1.NC(=O)c1cc2cc(Cl)ccc2[nH]1. The molecule has 1 unspecified atom stereocenters. The maximum absolute atomic E-state index is 10.8. The van der Waals surface area contributed by atoms with Crippen LogP contribution in [0, 0.1) is 11.8 Å². The molecule has 1 aromatic carbocycles. The van der Waals surface area contributed by atoms with Gasteiger partial charge in [-0.3, -0.25) is 4.79 Å². The molecule has 1 aromatic heterocycles. The number of nitrogens with one attached hydrogen (secondary N) is 1. The molecular weight excluding hydrogens is 300 g/mol. The predicted octanol–water partition coefficient (Wildman–Crippen LogP) is 3.73. The summed E-state index contributed by atoms with van der Waals surface area (Å²) in [4.78, 5) is 13.7. The average Bonchev–Trinajstić information content (AvgIpc) is 2.91. The van der Waals surface area contributed by atoms with Crippen molar-refractivity contribution in [2.24, 2.45) is 17.6 Å². The molecule has 0 saturated heterocycles. The minimum Gasteiger partial charge on any atom is -0.396 e. The third-order valence-electron chi connectivity index (χ3n) is 4.15. The number of hydrogen-bond donors (Lipinski definition) is 3. The summed E-state index contributed by atoms with van der Waals surface area (Å²) < 4.78 is 0. The Kier molecular flexibility index (Phi) is 5.86. The normalized spacial score (nSPS) is 21.2. The molecule has 0 aliphatic heterocycles. The third kappa shape index (κ3) is 4.49. The highest BCUT2D eigenvalue weighted by molar-refractivity contribution is 6.31. The number of halogens is 1. The van der Waals surface area contributed by atoms with E-state index in [1.165, 1.54) is 25.7 Å². The van der Waals surface area contributed by atoms with E-state index in [-0.39, 0.29) is 0 Å². The molecule has 0 spiro atoms.